The van der Waals surface area contributed by atoms with E-state index in [4.69, 9.17) is 4.74 Å². The van der Waals surface area contributed by atoms with Crippen LogP contribution in [0.4, 0.5) is 18.9 Å². The Balaban J connectivity index is 1.63. The number of hydrogen-bond acceptors (Lipinski definition) is 6. The first kappa shape index (κ1) is 23.5. The van der Waals surface area contributed by atoms with Gasteiger partial charge in [0, 0.05) is 24.5 Å². The summed E-state index contributed by atoms with van der Waals surface area (Å²) >= 11 is 0. The number of ether oxygens (including phenoxy) is 1. The number of aromatic nitrogens is 3. The maximum atomic E-state index is 14.4. The molecule has 4 rings (SSSR count). The lowest BCUT2D eigenvalue weighted by molar-refractivity contribution is -0.0159. The number of aliphatic hydroxyl groups is 1. The van der Waals surface area contributed by atoms with Gasteiger partial charge in [0.2, 0.25) is 0 Å². The highest BCUT2D eigenvalue weighted by Gasteiger charge is 2.35. The third-order valence-electron chi connectivity index (χ3n) is 5.37. The van der Waals surface area contributed by atoms with Crippen LogP contribution in [-0.2, 0) is 6.54 Å². The van der Waals surface area contributed by atoms with Crippen LogP contribution in [0.2, 0.25) is 0 Å². The van der Waals surface area contributed by atoms with Crippen LogP contribution in [0.3, 0.4) is 0 Å². The molecular formula is C22H22F3N5O4. The van der Waals surface area contributed by atoms with Crippen molar-refractivity contribution in [1.29, 1.82) is 0 Å². The Labute approximate surface area is 192 Å². The number of alkyl halides is 3. The number of hydrogen-bond donors (Lipinski definition) is 2. The fourth-order valence-electron chi connectivity index (χ4n) is 3.51. The monoisotopic (exact) mass is 477 g/mol. The average Bonchev–Trinajstić information content (AvgIpc) is 3.33. The minimum absolute atomic E-state index is 0.0148. The van der Waals surface area contributed by atoms with E-state index in [1.165, 1.54) is 47.8 Å². The van der Waals surface area contributed by atoms with E-state index in [2.05, 4.69) is 15.4 Å². The third-order valence-corrected chi connectivity index (χ3v) is 5.37. The Kier molecular flexibility index (Phi) is 6.17. The molecule has 180 valence electrons. The lowest BCUT2D eigenvalue weighted by Crippen LogP contribution is -2.42. The summed E-state index contributed by atoms with van der Waals surface area (Å²) in [5.41, 5.74) is -0.563. The van der Waals surface area contributed by atoms with Crippen molar-refractivity contribution < 1.29 is 32.6 Å². The second-order valence-corrected chi connectivity index (χ2v) is 8.41. The predicted octanol–water partition coefficient (Wildman–Crippen LogP) is 2.69. The Morgan fingerprint density at radius 2 is 2.09 bits per heavy atom. The van der Waals surface area contributed by atoms with Gasteiger partial charge in [-0.15, -0.1) is 0 Å². The minimum Gasteiger partial charge on any atom is -0.485 e. The highest BCUT2D eigenvalue weighted by atomic mass is 19.3. The lowest BCUT2D eigenvalue weighted by Gasteiger charge is -2.26. The van der Waals surface area contributed by atoms with E-state index in [-0.39, 0.29) is 41.3 Å². The van der Waals surface area contributed by atoms with Crippen LogP contribution in [0.25, 0.3) is 5.65 Å². The number of fused-ring (bicyclic) bond motifs is 2. The van der Waals surface area contributed by atoms with E-state index in [0.717, 1.165) is 0 Å². The molecule has 12 heteroatoms. The lowest BCUT2D eigenvalue weighted by atomic mass is 10.0. The molecule has 0 saturated carbocycles. The summed E-state index contributed by atoms with van der Waals surface area (Å²) < 4.78 is 46.5. The molecule has 2 N–H and O–H groups in total. The van der Waals surface area contributed by atoms with Crippen molar-refractivity contribution in [2.45, 2.75) is 38.6 Å². The zero-order chi connectivity index (χ0) is 24.6. The molecule has 1 unspecified atom stereocenters. The fourth-order valence-corrected chi connectivity index (χ4v) is 3.51. The number of rotatable bonds is 8. The Morgan fingerprint density at radius 1 is 1.32 bits per heavy atom. The highest BCUT2D eigenvalue weighted by molar-refractivity contribution is 6.09. The average molecular weight is 477 g/mol. The molecule has 1 atom stereocenters. The van der Waals surface area contributed by atoms with Crippen molar-refractivity contribution in [3.8, 4) is 5.75 Å². The van der Waals surface area contributed by atoms with Crippen LogP contribution < -0.4 is 10.1 Å². The maximum Gasteiger partial charge on any atom is 0.272 e. The van der Waals surface area contributed by atoms with Gasteiger partial charge >= 0.3 is 0 Å². The summed E-state index contributed by atoms with van der Waals surface area (Å²) in [7, 11) is 0. The zero-order valence-corrected chi connectivity index (χ0v) is 18.3. The van der Waals surface area contributed by atoms with Gasteiger partial charge < -0.3 is 20.1 Å². The van der Waals surface area contributed by atoms with E-state index >= 15 is 0 Å². The quantitative estimate of drug-likeness (QED) is 0.517. The van der Waals surface area contributed by atoms with Gasteiger partial charge in [-0.05, 0) is 37.6 Å². The summed E-state index contributed by atoms with van der Waals surface area (Å²) in [6.45, 7) is 1.29. The molecule has 2 amide bonds. The van der Waals surface area contributed by atoms with Crippen LogP contribution in [0.15, 0.2) is 36.8 Å². The molecule has 0 bridgehead atoms. The normalized spacial score (nSPS) is 14.6. The number of carbonyl (C=O) groups excluding carboxylic acids is 2. The molecule has 3 heterocycles. The first-order chi connectivity index (χ1) is 16.0. The molecule has 0 fully saturated rings. The van der Waals surface area contributed by atoms with Gasteiger partial charge in [-0.1, -0.05) is 0 Å². The molecule has 34 heavy (non-hydrogen) atoms. The van der Waals surface area contributed by atoms with Gasteiger partial charge in [0.1, 0.15) is 24.1 Å². The highest BCUT2D eigenvalue weighted by Crippen LogP contribution is 2.35. The number of benzene rings is 1. The second kappa shape index (κ2) is 8.93. The number of halogens is 3. The summed E-state index contributed by atoms with van der Waals surface area (Å²) in [6.07, 6.45) is -0.0764. The Hall–Kier alpha value is -3.67. The largest absolute Gasteiger partial charge is 0.485 e. The number of anilines is 1. The number of carbonyl (C=O) groups is 2. The SMILES string of the molecule is CC(C)(O)C(F)CN1Cc2cc(NC(=O)c3cnn4cccnc34)c(OCC(F)F)cc2C1=O. The van der Waals surface area contributed by atoms with E-state index in [9.17, 15) is 27.9 Å². The molecule has 0 radical (unpaired) electrons. The van der Waals surface area contributed by atoms with Gasteiger partial charge in [0.15, 0.2) is 5.65 Å². The number of amides is 2. The predicted molar refractivity (Wildman–Crippen MR) is 115 cm³/mol. The maximum absolute atomic E-state index is 14.4. The van der Waals surface area contributed by atoms with E-state index in [0.29, 0.717) is 5.56 Å². The van der Waals surface area contributed by atoms with Gasteiger partial charge in [0.05, 0.1) is 24.0 Å². The molecule has 9 nitrogen and oxygen atoms in total. The van der Waals surface area contributed by atoms with Crippen LogP contribution in [0, 0.1) is 0 Å². The van der Waals surface area contributed by atoms with E-state index < -0.39 is 36.6 Å². The number of nitrogens with zero attached hydrogens (tertiary/aromatic N) is 4. The third kappa shape index (κ3) is 4.67. The van der Waals surface area contributed by atoms with E-state index in [1.807, 2.05) is 0 Å². The van der Waals surface area contributed by atoms with Crippen molar-refractivity contribution in [2.75, 3.05) is 18.5 Å². The fraction of sp³-hybridized carbons (Fsp3) is 0.364. The first-order valence-corrected chi connectivity index (χ1v) is 10.4. The van der Waals surface area contributed by atoms with Gasteiger partial charge in [-0.25, -0.2) is 22.7 Å². The van der Waals surface area contributed by atoms with Crippen LogP contribution in [0.1, 0.15) is 40.1 Å². The molecule has 3 aromatic rings. The summed E-state index contributed by atoms with van der Waals surface area (Å²) in [5, 5.41) is 16.5. The van der Waals surface area contributed by atoms with Crippen molar-refractivity contribution in [3.63, 3.8) is 0 Å². The molecular weight excluding hydrogens is 455 g/mol. The van der Waals surface area contributed by atoms with Crippen molar-refractivity contribution in [2.24, 2.45) is 0 Å². The number of nitrogens with one attached hydrogen (secondary N) is 1. The molecule has 1 aliphatic rings. The Bertz CT molecular complexity index is 1240. The van der Waals surface area contributed by atoms with Crippen LogP contribution in [0.5, 0.6) is 5.75 Å². The van der Waals surface area contributed by atoms with Crippen molar-refractivity contribution in [3.05, 3.63) is 53.5 Å². The molecule has 2 aromatic heterocycles. The van der Waals surface area contributed by atoms with Gasteiger partial charge in [-0.3, -0.25) is 9.59 Å². The van der Waals surface area contributed by atoms with Crippen molar-refractivity contribution in [1.82, 2.24) is 19.5 Å². The van der Waals surface area contributed by atoms with E-state index in [1.54, 1.807) is 12.3 Å². The molecule has 0 spiro atoms. The summed E-state index contributed by atoms with van der Waals surface area (Å²) in [4.78, 5) is 31.0. The summed E-state index contributed by atoms with van der Waals surface area (Å²) in [6, 6.07) is 4.32. The molecule has 0 aliphatic carbocycles. The molecule has 0 saturated heterocycles. The second-order valence-electron chi connectivity index (χ2n) is 8.41. The standard InChI is InChI=1S/C22H22F3N5O4/c1-22(2,33)17(23)10-29-9-12-6-15(16(34-11-18(24)25)7-13(12)21(29)32)28-20(31)14-8-27-30-5-3-4-26-19(14)30/h3-8,17-18,33H,9-11H2,1-2H3,(H,28,31). The summed E-state index contributed by atoms with van der Waals surface area (Å²) in [5.74, 6) is -1.28. The van der Waals surface area contributed by atoms with Gasteiger partial charge in [-0.2, -0.15) is 5.10 Å². The Morgan fingerprint density at radius 3 is 2.79 bits per heavy atom. The smallest absolute Gasteiger partial charge is 0.272 e. The molecule has 1 aromatic carbocycles. The first-order valence-electron chi connectivity index (χ1n) is 10.4. The van der Waals surface area contributed by atoms with Crippen molar-refractivity contribution >= 4 is 23.1 Å². The van der Waals surface area contributed by atoms with Gasteiger partial charge in [0.25, 0.3) is 18.2 Å². The minimum atomic E-state index is -2.79. The molecule has 1 aliphatic heterocycles. The van der Waals surface area contributed by atoms with Crippen LogP contribution in [-0.4, -0.2) is 67.8 Å². The zero-order valence-electron chi connectivity index (χ0n) is 18.3. The topological polar surface area (TPSA) is 109 Å². The van der Waals surface area contributed by atoms with Crippen LogP contribution >= 0.6 is 0 Å².